The maximum atomic E-state index is 13.4. The van der Waals surface area contributed by atoms with Crippen molar-refractivity contribution < 1.29 is 13.9 Å². The second-order valence-electron chi connectivity index (χ2n) is 4.95. The third-order valence-corrected chi connectivity index (χ3v) is 3.27. The van der Waals surface area contributed by atoms with Crippen LogP contribution in [0, 0.1) is 18.6 Å². The van der Waals surface area contributed by atoms with E-state index in [0.29, 0.717) is 11.4 Å². The van der Waals surface area contributed by atoms with E-state index in [1.54, 1.807) is 0 Å². The Morgan fingerprint density at radius 1 is 1.09 bits per heavy atom. The average molecular weight is 301 g/mol. The average Bonchev–Trinajstić information content (AvgIpc) is 2.90. The molecule has 3 aromatic rings. The molecule has 0 aliphatic carbocycles. The van der Waals surface area contributed by atoms with E-state index < -0.39 is 11.6 Å². The van der Waals surface area contributed by atoms with E-state index in [9.17, 15) is 13.9 Å². The van der Waals surface area contributed by atoms with Crippen LogP contribution in [0.3, 0.4) is 0 Å². The van der Waals surface area contributed by atoms with Crippen LogP contribution in [0.15, 0.2) is 42.5 Å². The highest BCUT2D eigenvalue weighted by Gasteiger charge is 2.17. The summed E-state index contributed by atoms with van der Waals surface area (Å²) in [5.74, 6) is -1.41. The Morgan fingerprint density at radius 2 is 1.82 bits per heavy atom. The first-order valence-electron chi connectivity index (χ1n) is 6.67. The summed E-state index contributed by atoms with van der Waals surface area (Å²) in [5, 5.41) is 17.3. The molecule has 1 aromatic heterocycles. The van der Waals surface area contributed by atoms with Gasteiger partial charge in [-0.05, 0) is 25.1 Å². The van der Waals surface area contributed by atoms with Gasteiger partial charge < -0.3 is 5.11 Å². The number of hydrogen-bond acceptors (Lipinski definition) is 3. The van der Waals surface area contributed by atoms with Gasteiger partial charge in [0.25, 0.3) is 0 Å². The molecule has 3 rings (SSSR count). The lowest BCUT2D eigenvalue weighted by Crippen LogP contribution is -2.02. The summed E-state index contributed by atoms with van der Waals surface area (Å²) in [4.78, 5) is 0. The van der Waals surface area contributed by atoms with Crippen LogP contribution in [-0.4, -0.2) is 20.1 Å². The molecule has 0 fully saturated rings. The van der Waals surface area contributed by atoms with Crippen LogP contribution in [0.1, 0.15) is 11.3 Å². The predicted octanol–water partition coefficient (Wildman–Crippen LogP) is 3.01. The van der Waals surface area contributed by atoms with E-state index in [4.69, 9.17) is 0 Å². The molecule has 0 saturated carbocycles. The Balaban J connectivity index is 2.23. The summed E-state index contributed by atoms with van der Waals surface area (Å²) in [6.07, 6.45) is 0. The summed E-state index contributed by atoms with van der Waals surface area (Å²) in [5.41, 5.74) is 2.84. The van der Waals surface area contributed by atoms with Gasteiger partial charge in [0.05, 0.1) is 12.3 Å². The maximum Gasteiger partial charge on any atom is 0.128 e. The molecule has 4 nitrogen and oxygen atoms in total. The third-order valence-electron chi connectivity index (χ3n) is 3.27. The van der Waals surface area contributed by atoms with Crippen molar-refractivity contribution in [3.63, 3.8) is 0 Å². The quantitative estimate of drug-likeness (QED) is 0.809. The molecule has 0 bridgehead atoms. The van der Waals surface area contributed by atoms with Crippen molar-refractivity contribution in [2.75, 3.05) is 0 Å². The van der Waals surface area contributed by atoms with E-state index in [1.807, 2.05) is 31.2 Å². The minimum atomic E-state index is -0.703. The van der Waals surface area contributed by atoms with E-state index in [0.717, 1.165) is 29.3 Å². The van der Waals surface area contributed by atoms with Crippen molar-refractivity contribution in [3.8, 4) is 16.9 Å². The van der Waals surface area contributed by atoms with Gasteiger partial charge in [-0.15, -0.1) is 5.10 Å². The molecule has 6 heteroatoms. The van der Waals surface area contributed by atoms with Gasteiger partial charge in [-0.3, -0.25) is 0 Å². The Labute approximate surface area is 125 Å². The first-order chi connectivity index (χ1) is 10.6. The molecule has 0 spiro atoms. The highest BCUT2D eigenvalue weighted by Crippen LogP contribution is 2.26. The van der Waals surface area contributed by atoms with E-state index in [-0.39, 0.29) is 12.3 Å². The summed E-state index contributed by atoms with van der Waals surface area (Å²) < 4.78 is 28.2. The van der Waals surface area contributed by atoms with Crippen molar-refractivity contribution in [1.29, 1.82) is 0 Å². The van der Waals surface area contributed by atoms with Gasteiger partial charge in [-0.2, -0.15) is 0 Å². The lowest BCUT2D eigenvalue weighted by molar-refractivity contribution is 0.277. The second-order valence-corrected chi connectivity index (χ2v) is 4.95. The number of aliphatic hydroxyl groups excluding tert-OH is 1. The minimum absolute atomic E-state index is 0.209. The lowest BCUT2D eigenvalue weighted by Gasteiger charge is -2.09. The lowest BCUT2D eigenvalue weighted by atomic mass is 10.1. The molecule has 0 unspecified atom stereocenters. The monoisotopic (exact) mass is 301 g/mol. The van der Waals surface area contributed by atoms with Gasteiger partial charge in [0.1, 0.15) is 23.0 Å². The van der Waals surface area contributed by atoms with E-state index in [1.165, 1.54) is 4.68 Å². The first-order valence-corrected chi connectivity index (χ1v) is 6.67. The van der Waals surface area contributed by atoms with Crippen molar-refractivity contribution in [2.24, 2.45) is 0 Å². The van der Waals surface area contributed by atoms with Gasteiger partial charge in [0, 0.05) is 11.6 Å². The minimum Gasteiger partial charge on any atom is -0.390 e. The molecule has 1 N–H and O–H groups in total. The molecule has 22 heavy (non-hydrogen) atoms. The number of rotatable bonds is 3. The number of nitrogens with zero attached hydrogens (tertiary/aromatic N) is 3. The zero-order valence-corrected chi connectivity index (χ0v) is 11.8. The molecule has 0 aliphatic rings. The Hall–Kier alpha value is -2.60. The van der Waals surface area contributed by atoms with E-state index in [2.05, 4.69) is 10.3 Å². The molecule has 0 saturated heterocycles. The van der Waals surface area contributed by atoms with Crippen LogP contribution >= 0.6 is 0 Å². The van der Waals surface area contributed by atoms with Gasteiger partial charge in [0.2, 0.25) is 0 Å². The molecule has 1 heterocycles. The van der Waals surface area contributed by atoms with E-state index >= 15 is 0 Å². The standard InChI is InChI=1S/C16H13F2N3O/c1-10-3-2-4-11(5-10)16-15(9-22)19-20-21(16)14-7-12(17)6-13(18)8-14/h2-8,22H,9H2,1H3. The molecular formula is C16H13F2N3O. The first kappa shape index (κ1) is 14.3. The van der Waals surface area contributed by atoms with Crippen molar-refractivity contribution in [3.05, 3.63) is 65.4 Å². The zero-order valence-electron chi connectivity index (χ0n) is 11.8. The van der Waals surface area contributed by atoms with Gasteiger partial charge in [-0.1, -0.05) is 29.0 Å². The summed E-state index contributed by atoms with van der Waals surface area (Å²) in [6, 6.07) is 10.6. The normalized spacial score (nSPS) is 10.9. The van der Waals surface area contributed by atoms with Crippen molar-refractivity contribution in [2.45, 2.75) is 13.5 Å². The summed E-state index contributed by atoms with van der Waals surface area (Å²) >= 11 is 0. The number of halogens is 2. The van der Waals surface area contributed by atoms with Crippen LogP contribution < -0.4 is 0 Å². The fourth-order valence-corrected chi connectivity index (χ4v) is 2.34. The fraction of sp³-hybridized carbons (Fsp3) is 0.125. The molecule has 2 aromatic carbocycles. The van der Waals surface area contributed by atoms with Crippen LogP contribution in [0.2, 0.25) is 0 Å². The number of aliphatic hydroxyl groups is 1. The number of aromatic nitrogens is 3. The van der Waals surface area contributed by atoms with Crippen LogP contribution in [0.4, 0.5) is 8.78 Å². The zero-order chi connectivity index (χ0) is 15.7. The molecule has 0 amide bonds. The van der Waals surface area contributed by atoms with Gasteiger partial charge in [0.15, 0.2) is 0 Å². The summed E-state index contributed by atoms with van der Waals surface area (Å²) in [7, 11) is 0. The SMILES string of the molecule is Cc1cccc(-c2c(CO)nnn2-c2cc(F)cc(F)c2)c1. The molecule has 0 atom stereocenters. The van der Waals surface area contributed by atoms with Gasteiger partial charge >= 0.3 is 0 Å². The topological polar surface area (TPSA) is 50.9 Å². The van der Waals surface area contributed by atoms with Crippen LogP contribution in [0.5, 0.6) is 0 Å². The number of benzene rings is 2. The molecule has 112 valence electrons. The Morgan fingerprint density at radius 3 is 2.45 bits per heavy atom. The maximum absolute atomic E-state index is 13.4. The smallest absolute Gasteiger partial charge is 0.128 e. The Kier molecular flexibility index (Phi) is 3.68. The Bertz CT molecular complexity index is 810. The highest BCUT2D eigenvalue weighted by atomic mass is 19.1. The largest absolute Gasteiger partial charge is 0.390 e. The van der Waals surface area contributed by atoms with Gasteiger partial charge in [-0.25, -0.2) is 13.5 Å². The van der Waals surface area contributed by atoms with Crippen LogP contribution in [-0.2, 0) is 6.61 Å². The summed E-state index contributed by atoms with van der Waals surface area (Å²) in [6.45, 7) is 1.61. The predicted molar refractivity (Wildman–Crippen MR) is 77.4 cm³/mol. The molecule has 0 radical (unpaired) electrons. The van der Waals surface area contributed by atoms with Crippen LogP contribution in [0.25, 0.3) is 16.9 Å². The fourth-order valence-electron chi connectivity index (χ4n) is 2.34. The number of aryl methyl sites for hydroxylation is 1. The molecule has 0 aliphatic heterocycles. The third kappa shape index (κ3) is 2.60. The van der Waals surface area contributed by atoms with Crippen molar-refractivity contribution >= 4 is 0 Å². The highest BCUT2D eigenvalue weighted by molar-refractivity contribution is 5.65. The number of hydrogen-bond donors (Lipinski definition) is 1. The molecular weight excluding hydrogens is 288 g/mol. The van der Waals surface area contributed by atoms with Crippen molar-refractivity contribution in [1.82, 2.24) is 15.0 Å². The second kappa shape index (κ2) is 5.65.